The second kappa shape index (κ2) is 8.05. The second-order valence-electron chi connectivity index (χ2n) is 4.92. The van der Waals surface area contributed by atoms with Gasteiger partial charge in [0, 0.05) is 31.6 Å². The molecule has 1 fully saturated rings. The number of aliphatic carboxylic acids is 1. The lowest BCUT2D eigenvalue weighted by molar-refractivity contribution is -0.149. The molecule has 1 amide bonds. The van der Waals surface area contributed by atoms with Gasteiger partial charge in [-0.1, -0.05) is 24.6 Å². The van der Waals surface area contributed by atoms with Crippen LogP contribution in [0.25, 0.3) is 0 Å². The number of thioether (sulfide) groups is 1. The van der Waals surface area contributed by atoms with Gasteiger partial charge < -0.3 is 14.7 Å². The molecule has 2 unspecified atom stereocenters. The highest BCUT2D eigenvalue weighted by Gasteiger charge is 2.41. The zero-order valence-corrected chi connectivity index (χ0v) is 12.9. The lowest BCUT2D eigenvalue weighted by Crippen LogP contribution is -2.43. The van der Waals surface area contributed by atoms with E-state index in [1.165, 1.54) is 11.8 Å². The lowest BCUT2D eigenvalue weighted by Gasteiger charge is -2.24. The van der Waals surface area contributed by atoms with Crippen molar-refractivity contribution in [3.8, 4) is 12.3 Å². The van der Waals surface area contributed by atoms with E-state index < -0.39 is 17.9 Å². The number of carbonyl (C=O) groups excluding carboxylic acids is 2. The summed E-state index contributed by atoms with van der Waals surface area (Å²) >= 11 is 1.06. The van der Waals surface area contributed by atoms with Gasteiger partial charge in [-0.25, -0.2) is 4.79 Å². The van der Waals surface area contributed by atoms with E-state index >= 15 is 0 Å². The highest BCUT2D eigenvalue weighted by molar-refractivity contribution is 8.13. The lowest BCUT2D eigenvalue weighted by atomic mass is 10.1. The van der Waals surface area contributed by atoms with Gasteiger partial charge in [0.15, 0.2) is 5.12 Å². The average Bonchev–Trinajstić information content (AvgIpc) is 2.85. The second-order valence-corrected chi connectivity index (χ2v) is 6.12. The Hall–Kier alpha value is -1.52. The third-order valence-electron chi connectivity index (χ3n) is 3.19. The van der Waals surface area contributed by atoms with Crippen molar-refractivity contribution >= 4 is 28.8 Å². The molecule has 7 heteroatoms. The van der Waals surface area contributed by atoms with E-state index in [9.17, 15) is 19.5 Å². The van der Waals surface area contributed by atoms with Gasteiger partial charge in [-0.05, 0) is 0 Å². The molecule has 116 valence electrons. The number of rotatable bonds is 6. The first-order valence-corrected chi connectivity index (χ1v) is 7.57. The zero-order valence-electron chi connectivity index (χ0n) is 12.1. The molecule has 0 saturated carbocycles. The van der Waals surface area contributed by atoms with E-state index in [1.807, 2.05) is 0 Å². The van der Waals surface area contributed by atoms with Crippen LogP contribution < -0.4 is 0 Å². The maximum absolute atomic E-state index is 12.3. The van der Waals surface area contributed by atoms with Crippen LogP contribution in [-0.2, 0) is 19.1 Å². The van der Waals surface area contributed by atoms with E-state index in [0.717, 1.165) is 11.8 Å². The fourth-order valence-electron chi connectivity index (χ4n) is 2.16. The molecule has 0 spiro atoms. The first-order chi connectivity index (χ1) is 9.86. The highest BCUT2D eigenvalue weighted by Crippen LogP contribution is 2.24. The Kier molecular flexibility index (Phi) is 6.72. The number of carboxylic acids is 1. The number of carboxylic acid groups (broad SMARTS) is 1. The van der Waals surface area contributed by atoms with E-state index in [4.69, 9.17) is 11.2 Å². The minimum atomic E-state index is -1.05. The van der Waals surface area contributed by atoms with Crippen LogP contribution in [-0.4, -0.2) is 58.0 Å². The molecule has 0 radical (unpaired) electrons. The average molecular weight is 313 g/mol. The molecule has 0 aromatic heterocycles. The first-order valence-electron chi connectivity index (χ1n) is 6.58. The third kappa shape index (κ3) is 5.06. The normalized spacial score (nSPS) is 22.6. The summed E-state index contributed by atoms with van der Waals surface area (Å²) in [6, 6.07) is -0.898. The summed E-state index contributed by atoms with van der Waals surface area (Å²) in [6.07, 6.45) is 4.97. The van der Waals surface area contributed by atoms with Crippen molar-refractivity contribution in [1.29, 1.82) is 0 Å². The Balaban J connectivity index is 2.68. The molecule has 1 N–H and O–H groups in total. The van der Waals surface area contributed by atoms with Crippen LogP contribution in [0.2, 0.25) is 0 Å². The number of ether oxygens (including phenoxy) is 1. The third-order valence-corrected chi connectivity index (χ3v) is 4.26. The monoisotopic (exact) mass is 313 g/mol. The van der Waals surface area contributed by atoms with E-state index in [0.29, 0.717) is 5.75 Å². The molecule has 1 aliphatic heterocycles. The van der Waals surface area contributed by atoms with Gasteiger partial charge in [0.25, 0.3) is 0 Å². The van der Waals surface area contributed by atoms with Gasteiger partial charge in [-0.2, -0.15) is 0 Å². The molecule has 0 aliphatic carbocycles. The van der Waals surface area contributed by atoms with Crippen LogP contribution in [0.3, 0.4) is 0 Å². The largest absolute Gasteiger partial charge is 0.480 e. The fourth-order valence-corrected chi connectivity index (χ4v) is 2.79. The Labute approximate surface area is 128 Å². The van der Waals surface area contributed by atoms with Gasteiger partial charge in [0.1, 0.15) is 12.6 Å². The predicted molar refractivity (Wildman–Crippen MR) is 78.6 cm³/mol. The van der Waals surface area contributed by atoms with Gasteiger partial charge in [0.05, 0.1) is 6.10 Å². The van der Waals surface area contributed by atoms with Crippen LogP contribution in [0.15, 0.2) is 0 Å². The van der Waals surface area contributed by atoms with E-state index in [2.05, 4.69) is 5.92 Å². The van der Waals surface area contributed by atoms with Crippen molar-refractivity contribution in [2.75, 3.05) is 18.9 Å². The molecule has 1 aliphatic rings. The smallest absolute Gasteiger partial charge is 0.326 e. The summed E-state index contributed by atoms with van der Waals surface area (Å²) in [5.41, 5.74) is 0. The standard InChI is InChI=1S/C14H19NO5S/c1-4-5-20-11-6-12(14(18)19)15(7-11)13(17)9(2)8-21-10(3)16/h1,9,11-12H,5-8H2,2-3H3,(H,18,19)/t9?,11?,12-/m0/s1. The maximum atomic E-state index is 12.3. The van der Waals surface area contributed by atoms with Crippen molar-refractivity contribution in [3.63, 3.8) is 0 Å². The molecular weight excluding hydrogens is 294 g/mol. The Morgan fingerprint density at radius 3 is 2.71 bits per heavy atom. The quantitative estimate of drug-likeness (QED) is 0.723. The summed E-state index contributed by atoms with van der Waals surface area (Å²) in [7, 11) is 0. The highest BCUT2D eigenvalue weighted by atomic mass is 32.2. The van der Waals surface area contributed by atoms with Crippen molar-refractivity contribution in [2.45, 2.75) is 32.4 Å². The number of carbonyl (C=O) groups is 3. The van der Waals surface area contributed by atoms with Crippen molar-refractivity contribution in [3.05, 3.63) is 0 Å². The summed E-state index contributed by atoms with van der Waals surface area (Å²) in [6.45, 7) is 3.43. The molecule has 1 saturated heterocycles. The van der Waals surface area contributed by atoms with Gasteiger partial charge >= 0.3 is 5.97 Å². The van der Waals surface area contributed by atoms with E-state index in [-0.39, 0.29) is 36.7 Å². The zero-order chi connectivity index (χ0) is 16.0. The van der Waals surface area contributed by atoms with Gasteiger partial charge in [-0.3, -0.25) is 9.59 Å². The fraction of sp³-hybridized carbons (Fsp3) is 0.643. The van der Waals surface area contributed by atoms with Crippen molar-refractivity contribution in [2.24, 2.45) is 5.92 Å². The molecule has 0 aromatic rings. The van der Waals surface area contributed by atoms with Gasteiger partial charge in [-0.15, -0.1) is 6.42 Å². The number of amides is 1. The van der Waals surface area contributed by atoms with E-state index in [1.54, 1.807) is 6.92 Å². The molecule has 0 aromatic carbocycles. The minimum Gasteiger partial charge on any atom is -0.480 e. The van der Waals surface area contributed by atoms with Crippen LogP contribution in [0.5, 0.6) is 0 Å². The van der Waals surface area contributed by atoms with Crippen LogP contribution in [0.4, 0.5) is 0 Å². The summed E-state index contributed by atoms with van der Waals surface area (Å²) in [5.74, 6) is 0.911. The van der Waals surface area contributed by atoms with Gasteiger partial charge in [0.2, 0.25) is 5.91 Å². The van der Waals surface area contributed by atoms with Crippen LogP contribution >= 0.6 is 11.8 Å². The predicted octanol–water partition coefficient (Wildman–Crippen LogP) is 0.606. The topological polar surface area (TPSA) is 83.9 Å². The van der Waals surface area contributed by atoms with Crippen LogP contribution in [0.1, 0.15) is 20.3 Å². The summed E-state index contributed by atoms with van der Waals surface area (Å²) in [4.78, 5) is 35.9. The first kappa shape index (κ1) is 17.5. The summed E-state index contributed by atoms with van der Waals surface area (Å²) < 4.78 is 5.34. The number of terminal acetylenes is 1. The Morgan fingerprint density at radius 1 is 1.52 bits per heavy atom. The minimum absolute atomic E-state index is 0.0684. The van der Waals surface area contributed by atoms with Crippen molar-refractivity contribution < 1.29 is 24.2 Å². The Morgan fingerprint density at radius 2 is 2.19 bits per heavy atom. The number of nitrogens with zero attached hydrogens (tertiary/aromatic N) is 1. The molecule has 1 heterocycles. The molecule has 3 atom stereocenters. The number of hydrogen-bond acceptors (Lipinski definition) is 5. The van der Waals surface area contributed by atoms with Crippen LogP contribution in [0, 0.1) is 18.3 Å². The Bertz CT molecular complexity index is 459. The molecular formula is C14H19NO5S. The number of likely N-dealkylation sites (tertiary alicyclic amines) is 1. The summed E-state index contributed by atoms with van der Waals surface area (Å²) in [5, 5.41) is 9.16. The molecule has 21 heavy (non-hydrogen) atoms. The molecule has 1 rings (SSSR count). The van der Waals surface area contributed by atoms with Crippen molar-refractivity contribution in [1.82, 2.24) is 4.90 Å². The molecule has 0 bridgehead atoms. The molecule has 6 nitrogen and oxygen atoms in total. The maximum Gasteiger partial charge on any atom is 0.326 e. The number of hydrogen-bond donors (Lipinski definition) is 1. The SMILES string of the molecule is C#CCOC1C[C@@H](C(=O)O)N(C(=O)C(C)CSC(C)=O)C1.